The average Bonchev–Trinajstić information content (AvgIpc) is 2.38. The van der Waals surface area contributed by atoms with E-state index in [2.05, 4.69) is 0 Å². The Morgan fingerprint density at radius 1 is 1.06 bits per heavy atom. The summed E-state index contributed by atoms with van der Waals surface area (Å²) in [6.07, 6.45) is 0. The number of hydrogen-bond acceptors (Lipinski definition) is 5. The third-order valence-corrected chi connectivity index (χ3v) is 2.07. The van der Waals surface area contributed by atoms with Crippen molar-refractivity contribution in [2.24, 2.45) is 0 Å². The molecular weight excluding hydrogens is 224 g/mol. The van der Waals surface area contributed by atoms with Crippen LogP contribution >= 0.6 is 0 Å². The minimum atomic E-state index is -0.429. The van der Waals surface area contributed by atoms with Crippen molar-refractivity contribution >= 4 is 5.97 Å². The van der Waals surface area contributed by atoms with Crippen molar-refractivity contribution in [2.75, 3.05) is 26.4 Å². The molecule has 0 aliphatic heterocycles. The summed E-state index contributed by atoms with van der Waals surface area (Å²) >= 11 is 0. The van der Waals surface area contributed by atoms with Crippen LogP contribution in [0.15, 0.2) is 24.3 Å². The Bertz CT molecular complexity index is 333. The molecule has 17 heavy (non-hydrogen) atoms. The fraction of sp³-hybridized carbons (Fsp3) is 0.417. The first-order valence-electron chi connectivity index (χ1n) is 5.33. The molecule has 1 aromatic rings. The maximum absolute atomic E-state index is 11.5. The molecule has 94 valence electrons. The largest absolute Gasteiger partial charge is 0.460 e. The van der Waals surface area contributed by atoms with Gasteiger partial charge in [0, 0.05) is 0 Å². The van der Waals surface area contributed by atoms with Crippen molar-refractivity contribution < 1.29 is 24.5 Å². The molecule has 0 saturated carbocycles. The van der Waals surface area contributed by atoms with Gasteiger partial charge in [-0.05, 0) is 17.7 Å². The second kappa shape index (κ2) is 7.78. The van der Waals surface area contributed by atoms with E-state index < -0.39 is 5.97 Å². The van der Waals surface area contributed by atoms with Gasteiger partial charge in [0.2, 0.25) is 0 Å². The van der Waals surface area contributed by atoms with E-state index in [-0.39, 0.29) is 33.0 Å². The number of benzene rings is 1. The van der Waals surface area contributed by atoms with Crippen LogP contribution in [0, 0.1) is 0 Å². The normalized spacial score (nSPS) is 10.2. The maximum atomic E-state index is 11.5. The fourth-order valence-corrected chi connectivity index (χ4v) is 1.19. The molecule has 0 spiro atoms. The molecule has 0 saturated heterocycles. The average molecular weight is 240 g/mol. The van der Waals surface area contributed by atoms with E-state index >= 15 is 0 Å². The van der Waals surface area contributed by atoms with Gasteiger partial charge in [-0.25, -0.2) is 4.79 Å². The van der Waals surface area contributed by atoms with Gasteiger partial charge in [-0.1, -0.05) is 12.1 Å². The molecule has 5 nitrogen and oxygen atoms in total. The summed E-state index contributed by atoms with van der Waals surface area (Å²) in [4.78, 5) is 11.5. The van der Waals surface area contributed by atoms with Crippen molar-refractivity contribution in [2.45, 2.75) is 6.61 Å². The molecule has 2 N–H and O–H groups in total. The van der Waals surface area contributed by atoms with Gasteiger partial charge >= 0.3 is 5.97 Å². The van der Waals surface area contributed by atoms with Gasteiger partial charge in [0.05, 0.1) is 32.0 Å². The fourth-order valence-electron chi connectivity index (χ4n) is 1.19. The highest BCUT2D eigenvalue weighted by Gasteiger charge is 2.06. The third-order valence-electron chi connectivity index (χ3n) is 2.07. The molecule has 0 fully saturated rings. The molecule has 0 unspecified atom stereocenters. The maximum Gasteiger partial charge on any atom is 0.338 e. The van der Waals surface area contributed by atoms with E-state index in [1.165, 1.54) is 0 Å². The van der Waals surface area contributed by atoms with Crippen molar-refractivity contribution in [3.8, 4) is 0 Å². The molecule has 1 aromatic carbocycles. The summed E-state index contributed by atoms with van der Waals surface area (Å²) < 4.78 is 9.89. The molecule has 0 bridgehead atoms. The van der Waals surface area contributed by atoms with E-state index in [4.69, 9.17) is 19.7 Å². The molecule has 5 heteroatoms. The summed E-state index contributed by atoms with van der Waals surface area (Å²) in [5.41, 5.74) is 1.18. The molecule has 0 heterocycles. The Kier molecular flexibility index (Phi) is 6.24. The van der Waals surface area contributed by atoms with Crippen LogP contribution in [-0.2, 0) is 16.1 Å². The highest BCUT2D eigenvalue weighted by Crippen LogP contribution is 2.05. The highest BCUT2D eigenvalue weighted by atomic mass is 16.6. The topological polar surface area (TPSA) is 76.0 Å². The minimum Gasteiger partial charge on any atom is -0.460 e. The Morgan fingerprint density at radius 2 is 1.76 bits per heavy atom. The van der Waals surface area contributed by atoms with Crippen LogP contribution in [0.2, 0.25) is 0 Å². The van der Waals surface area contributed by atoms with E-state index in [9.17, 15) is 4.79 Å². The second-order valence-corrected chi connectivity index (χ2v) is 3.33. The minimum absolute atomic E-state index is 0.0451. The Labute approximate surface area is 99.6 Å². The van der Waals surface area contributed by atoms with E-state index in [1.807, 2.05) is 0 Å². The summed E-state index contributed by atoms with van der Waals surface area (Å²) in [6.45, 7) is 0.561. The monoisotopic (exact) mass is 240 g/mol. The third kappa shape index (κ3) is 4.95. The molecule has 0 aliphatic rings. The number of esters is 1. The Morgan fingerprint density at radius 3 is 2.35 bits per heavy atom. The number of carbonyl (C=O) groups excluding carboxylic acids is 1. The molecule has 0 atom stereocenters. The molecular formula is C12H16O5. The zero-order valence-corrected chi connectivity index (χ0v) is 9.46. The molecule has 0 aliphatic carbocycles. The van der Waals surface area contributed by atoms with Gasteiger partial charge in [0.25, 0.3) is 0 Å². The van der Waals surface area contributed by atoms with Crippen LogP contribution in [0.25, 0.3) is 0 Å². The van der Waals surface area contributed by atoms with Gasteiger partial charge in [0.1, 0.15) is 6.61 Å². The first-order chi connectivity index (χ1) is 8.27. The number of ether oxygens (including phenoxy) is 2. The standard InChI is InChI=1S/C12H16O5/c13-5-6-16-7-8-17-12(15)11-3-1-10(9-14)2-4-11/h1-4,13-14H,5-9H2. The zero-order chi connectivity index (χ0) is 12.5. The van der Waals surface area contributed by atoms with Gasteiger partial charge in [-0.15, -0.1) is 0 Å². The summed E-state index contributed by atoms with van der Waals surface area (Å²) in [5.74, 6) is -0.429. The van der Waals surface area contributed by atoms with E-state index in [1.54, 1.807) is 24.3 Å². The first-order valence-corrected chi connectivity index (χ1v) is 5.33. The number of carbonyl (C=O) groups is 1. The van der Waals surface area contributed by atoms with Crippen LogP contribution in [0.5, 0.6) is 0 Å². The van der Waals surface area contributed by atoms with Crippen molar-refractivity contribution in [1.29, 1.82) is 0 Å². The summed E-state index contributed by atoms with van der Waals surface area (Å²) in [7, 11) is 0. The first kappa shape index (κ1) is 13.6. The van der Waals surface area contributed by atoms with Crippen LogP contribution in [0.1, 0.15) is 15.9 Å². The van der Waals surface area contributed by atoms with Crippen LogP contribution < -0.4 is 0 Å². The van der Waals surface area contributed by atoms with Crippen LogP contribution in [-0.4, -0.2) is 42.6 Å². The summed E-state index contributed by atoms with van der Waals surface area (Å²) in [5, 5.41) is 17.3. The van der Waals surface area contributed by atoms with E-state index in [0.29, 0.717) is 5.56 Å². The number of rotatable bonds is 7. The molecule has 0 amide bonds. The lowest BCUT2D eigenvalue weighted by Gasteiger charge is -2.05. The Hall–Kier alpha value is -1.43. The molecule has 0 radical (unpaired) electrons. The zero-order valence-electron chi connectivity index (χ0n) is 9.46. The molecule has 1 rings (SSSR count). The van der Waals surface area contributed by atoms with Crippen molar-refractivity contribution in [3.05, 3.63) is 35.4 Å². The number of aliphatic hydroxyl groups excluding tert-OH is 2. The van der Waals surface area contributed by atoms with Crippen molar-refractivity contribution in [1.82, 2.24) is 0 Å². The van der Waals surface area contributed by atoms with Gasteiger partial charge < -0.3 is 19.7 Å². The predicted molar refractivity (Wildman–Crippen MR) is 60.6 cm³/mol. The second-order valence-electron chi connectivity index (χ2n) is 3.33. The SMILES string of the molecule is O=C(OCCOCCO)c1ccc(CO)cc1. The van der Waals surface area contributed by atoms with Crippen molar-refractivity contribution in [3.63, 3.8) is 0 Å². The molecule has 0 aromatic heterocycles. The lowest BCUT2D eigenvalue weighted by Crippen LogP contribution is -2.12. The number of hydrogen-bond donors (Lipinski definition) is 2. The quantitative estimate of drug-likeness (QED) is 0.531. The smallest absolute Gasteiger partial charge is 0.338 e. The summed E-state index contributed by atoms with van der Waals surface area (Å²) in [6, 6.07) is 6.53. The lowest BCUT2D eigenvalue weighted by molar-refractivity contribution is 0.0258. The van der Waals surface area contributed by atoms with Crippen LogP contribution in [0.3, 0.4) is 0 Å². The van der Waals surface area contributed by atoms with Crippen LogP contribution in [0.4, 0.5) is 0 Å². The van der Waals surface area contributed by atoms with Gasteiger partial charge in [0.15, 0.2) is 0 Å². The lowest BCUT2D eigenvalue weighted by atomic mass is 10.1. The van der Waals surface area contributed by atoms with Gasteiger partial charge in [-0.2, -0.15) is 0 Å². The number of aliphatic hydroxyl groups is 2. The highest BCUT2D eigenvalue weighted by molar-refractivity contribution is 5.89. The Balaban J connectivity index is 2.31. The van der Waals surface area contributed by atoms with E-state index in [0.717, 1.165) is 5.56 Å². The van der Waals surface area contributed by atoms with Gasteiger partial charge in [-0.3, -0.25) is 0 Å². The predicted octanol–water partition coefficient (Wildman–Crippen LogP) is 0.345.